The molecular weight excluding hydrogens is 510 g/mol. The van der Waals surface area contributed by atoms with Crippen molar-refractivity contribution in [1.29, 1.82) is 0 Å². The highest BCUT2D eigenvalue weighted by Crippen LogP contribution is 2.36. The monoisotopic (exact) mass is 535 g/mol. The van der Waals surface area contributed by atoms with Crippen LogP contribution < -0.4 is 0 Å². The summed E-state index contributed by atoms with van der Waals surface area (Å²) in [5.74, 6) is 0.718. The van der Waals surface area contributed by atoms with Crippen LogP contribution in [0.25, 0.3) is 77.5 Å². The van der Waals surface area contributed by atoms with Crippen molar-refractivity contribution in [3.05, 3.63) is 152 Å². The van der Waals surface area contributed by atoms with E-state index in [0.717, 1.165) is 55.4 Å². The molecule has 0 aliphatic carbocycles. The van der Waals surface area contributed by atoms with Gasteiger partial charge in [0.1, 0.15) is 0 Å². The molecule has 0 amide bonds. The van der Waals surface area contributed by atoms with Crippen molar-refractivity contribution in [1.82, 2.24) is 15.0 Å². The van der Waals surface area contributed by atoms with Gasteiger partial charge in [0.05, 0.1) is 16.7 Å². The minimum absolute atomic E-state index is 0.718. The fraction of sp³-hybridized carbons (Fsp3) is 0. The van der Waals surface area contributed by atoms with Crippen LogP contribution >= 0.6 is 0 Å². The average molecular weight is 536 g/mol. The Hall–Kier alpha value is -5.67. The van der Waals surface area contributed by atoms with Crippen molar-refractivity contribution in [2.24, 2.45) is 0 Å². The normalized spacial score (nSPS) is 11.3. The molecule has 0 atom stereocenters. The number of fused-ring (bicyclic) bond motifs is 4. The van der Waals surface area contributed by atoms with E-state index in [1.54, 1.807) is 0 Å². The quantitative estimate of drug-likeness (QED) is 0.211. The van der Waals surface area contributed by atoms with Crippen LogP contribution in [0.5, 0.6) is 0 Å². The van der Waals surface area contributed by atoms with Crippen molar-refractivity contribution in [3.63, 3.8) is 0 Å². The van der Waals surface area contributed by atoms with Crippen LogP contribution in [0, 0.1) is 0 Å². The Morgan fingerprint density at radius 2 is 1.02 bits per heavy atom. The second kappa shape index (κ2) is 10.1. The van der Waals surface area contributed by atoms with Crippen molar-refractivity contribution >= 4 is 32.6 Å². The Morgan fingerprint density at radius 3 is 1.83 bits per heavy atom. The molecule has 0 N–H and O–H groups in total. The number of benzene rings is 6. The minimum Gasteiger partial charge on any atom is -0.256 e. The zero-order valence-corrected chi connectivity index (χ0v) is 22.8. The summed E-state index contributed by atoms with van der Waals surface area (Å²) >= 11 is 0. The molecule has 0 spiro atoms. The van der Waals surface area contributed by atoms with E-state index < -0.39 is 0 Å². The lowest BCUT2D eigenvalue weighted by atomic mass is 9.95. The molecule has 0 saturated heterocycles. The molecule has 0 aliphatic rings. The molecule has 196 valence electrons. The van der Waals surface area contributed by atoms with Crippen LogP contribution in [0.4, 0.5) is 0 Å². The molecule has 8 aromatic rings. The maximum absolute atomic E-state index is 5.12. The van der Waals surface area contributed by atoms with Crippen molar-refractivity contribution < 1.29 is 0 Å². The molecule has 0 aliphatic heterocycles. The molecule has 0 radical (unpaired) electrons. The number of rotatable bonds is 4. The Balaban J connectivity index is 1.21. The molecule has 6 aromatic carbocycles. The third kappa shape index (κ3) is 4.20. The first-order valence-electron chi connectivity index (χ1n) is 14.1. The number of hydrogen-bond donors (Lipinski definition) is 0. The standard InChI is InChI=1S/C39H25N3/c1-2-9-26(10-3-1)27-16-20-29(21-17-27)38-34-14-6-7-15-36(34)41-39(42-38)30-22-18-28(19-23-30)35-25-31-11-8-24-40-37(31)33-13-5-4-12-32(33)35/h1-25H. The van der Waals surface area contributed by atoms with Crippen molar-refractivity contribution in [3.8, 4) is 44.9 Å². The topological polar surface area (TPSA) is 38.7 Å². The summed E-state index contributed by atoms with van der Waals surface area (Å²) in [6.45, 7) is 0. The van der Waals surface area contributed by atoms with Crippen LogP contribution in [0.3, 0.4) is 0 Å². The summed E-state index contributed by atoms with van der Waals surface area (Å²) in [5.41, 5.74) is 9.69. The molecule has 2 heterocycles. The van der Waals surface area contributed by atoms with Gasteiger partial charge in [-0.25, -0.2) is 9.97 Å². The highest BCUT2D eigenvalue weighted by Gasteiger charge is 2.13. The molecular formula is C39H25N3. The van der Waals surface area contributed by atoms with Crippen LogP contribution in [-0.4, -0.2) is 15.0 Å². The van der Waals surface area contributed by atoms with E-state index in [-0.39, 0.29) is 0 Å². The lowest BCUT2D eigenvalue weighted by Gasteiger charge is -2.12. The summed E-state index contributed by atoms with van der Waals surface area (Å²) in [4.78, 5) is 14.7. The first-order valence-corrected chi connectivity index (χ1v) is 14.1. The highest BCUT2D eigenvalue weighted by atomic mass is 14.9. The Morgan fingerprint density at radius 1 is 0.405 bits per heavy atom. The van der Waals surface area contributed by atoms with E-state index in [4.69, 9.17) is 9.97 Å². The van der Waals surface area contributed by atoms with Gasteiger partial charge in [0.2, 0.25) is 0 Å². The number of hydrogen-bond acceptors (Lipinski definition) is 3. The summed E-state index contributed by atoms with van der Waals surface area (Å²) in [6.07, 6.45) is 1.86. The third-order valence-corrected chi connectivity index (χ3v) is 7.93. The van der Waals surface area contributed by atoms with Crippen LogP contribution in [0.15, 0.2) is 152 Å². The van der Waals surface area contributed by atoms with Gasteiger partial charge in [0.15, 0.2) is 5.82 Å². The number of para-hydroxylation sites is 1. The largest absolute Gasteiger partial charge is 0.256 e. The van der Waals surface area contributed by atoms with Gasteiger partial charge >= 0.3 is 0 Å². The summed E-state index contributed by atoms with van der Waals surface area (Å²) in [5, 5.41) is 4.53. The number of aromatic nitrogens is 3. The molecule has 0 bridgehead atoms. The molecule has 0 unspecified atom stereocenters. The van der Waals surface area contributed by atoms with Crippen molar-refractivity contribution in [2.45, 2.75) is 0 Å². The van der Waals surface area contributed by atoms with E-state index in [0.29, 0.717) is 0 Å². The van der Waals surface area contributed by atoms with Crippen LogP contribution in [0.1, 0.15) is 0 Å². The minimum atomic E-state index is 0.718. The van der Waals surface area contributed by atoms with Gasteiger partial charge < -0.3 is 0 Å². The molecule has 3 nitrogen and oxygen atoms in total. The summed E-state index contributed by atoms with van der Waals surface area (Å²) in [7, 11) is 0. The van der Waals surface area contributed by atoms with Gasteiger partial charge in [-0.2, -0.15) is 0 Å². The third-order valence-electron chi connectivity index (χ3n) is 7.93. The summed E-state index contributed by atoms with van der Waals surface area (Å²) < 4.78 is 0. The maximum Gasteiger partial charge on any atom is 0.160 e. The molecule has 0 fully saturated rings. The van der Waals surface area contributed by atoms with E-state index in [1.165, 1.54) is 22.1 Å². The molecule has 0 saturated carbocycles. The fourth-order valence-electron chi connectivity index (χ4n) is 5.83. The van der Waals surface area contributed by atoms with Gasteiger partial charge in [-0.15, -0.1) is 0 Å². The molecule has 2 aromatic heterocycles. The lowest BCUT2D eigenvalue weighted by molar-refractivity contribution is 1.23. The average Bonchev–Trinajstić information content (AvgIpc) is 3.08. The van der Waals surface area contributed by atoms with Gasteiger partial charge in [0, 0.05) is 33.5 Å². The molecule has 42 heavy (non-hydrogen) atoms. The zero-order chi connectivity index (χ0) is 27.9. The fourth-order valence-corrected chi connectivity index (χ4v) is 5.83. The van der Waals surface area contributed by atoms with Gasteiger partial charge in [-0.1, -0.05) is 127 Å². The zero-order valence-electron chi connectivity index (χ0n) is 22.8. The molecule has 8 rings (SSSR count). The maximum atomic E-state index is 5.12. The second-order valence-corrected chi connectivity index (χ2v) is 10.5. The first kappa shape index (κ1) is 24.2. The SMILES string of the molecule is c1ccc(-c2ccc(-c3nc(-c4ccc(-c5cc6cccnc6c6ccccc56)cc4)nc4ccccc34)cc2)cc1. The van der Waals surface area contributed by atoms with Crippen molar-refractivity contribution in [2.75, 3.05) is 0 Å². The number of pyridine rings is 1. The van der Waals surface area contributed by atoms with Gasteiger partial charge in [-0.3, -0.25) is 4.98 Å². The smallest absolute Gasteiger partial charge is 0.160 e. The highest BCUT2D eigenvalue weighted by molar-refractivity contribution is 6.12. The summed E-state index contributed by atoms with van der Waals surface area (Å²) in [6, 6.07) is 50.8. The predicted molar refractivity (Wildman–Crippen MR) is 174 cm³/mol. The second-order valence-electron chi connectivity index (χ2n) is 10.5. The Kier molecular flexibility index (Phi) is 5.79. The first-order chi connectivity index (χ1) is 20.8. The van der Waals surface area contributed by atoms with E-state index in [9.17, 15) is 0 Å². The lowest BCUT2D eigenvalue weighted by Crippen LogP contribution is -1.95. The van der Waals surface area contributed by atoms with Gasteiger partial charge in [0.25, 0.3) is 0 Å². The van der Waals surface area contributed by atoms with Crippen LogP contribution in [-0.2, 0) is 0 Å². The van der Waals surface area contributed by atoms with Gasteiger partial charge in [-0.05, 0) is 45.8 Å². The Bertz CT molecular complexity index is 2220. The number of nitrogens with zero attached hydrogens (tertiary/aromatic N) is 3. The predicted octanol–water partition coefficient (Wildman–Crippen LogP) is 10.00. The van der Waals surface area contributed by atoms with Crippen LogP contribution in [0.2, 0.25) is 0 Å². The van der Waals surface area contributed by atoms with E-state index >= 15 is 0 Å². The Labute approximate surface area is 243 Å². The van der Waals surface area contributed by atoms with E-state index in [2.05, 4.69) is 126 Å². The van der Waals surface area contributed by atoms with E-state index in [1.807, 2.05) is 30.5 Å². The molecule has 3 heteroatoms.